The van der Waals surface area contributed by atoms with Crippen LogP contribution in [-0.4, -0.2) is 24.5 Å². The van der Waals surface area contributed by atoms with Gasteiger partial charge in [-0.25, -0.2) is 18.2 Å². The maximum atomic E-state index is 12.2. The van der Waals surface area contributed by atoms with E-state index in [-0.39, 0.29) is 21.2 Å². The van der Waals surface area contributed by atoms with Crippen LogP contribution in [0.1, 0.15) is 15.4 Å². The second kappa shape index (κ2) is 5.28. The molecule has 19 heavy (non-hydrogen) atoms. The molecule has 0 bridgehead atoms. The van der Waals surface area contributed by atoms with E-state index in [1.165, 1.54) is 29.7 Å². The fourth-order valence-corrected chi connectivity index (χ4v) is 4.27. The molecule has 0 radical (unpaired) electrons. The Balaban J connectivity index is 2.45. The third-order valence-electron chi connectivity index (χ3n) is 2.31. The first-order valence-electron chi connectivity index (χ1n) is 5.04. The lowest BCUT2D eigenvalue weighted by Crippen LogP contribution is -2.07. The van der Waals surface area contributed by atoms with Crippen molar-refractivity contribution in [3.8, 4) is 0 Å². The van der Waals surface area contributed by atoms with E-state index in [9.17, 15) is 13.2 Å². The van der Waals surface area contributed by atoms with Crippen molar-refractivity contribution in [1.29, 1.82) is 0 Å². The minimum absolute atomic E-state index is 0.00144. The minimum Gasteiger partial charge on any atom is -0.478 e. The Hall–Kier alpha value is -1.44. The third kappa shape index (κ3) is 3.12. The van der Waals surface area contributed by atoms with E-state index in [4.69, 9.17) is 16.7 Å². The first kappa shape index (κ1) is 14.0. The number of aromatic carboxylic acids is 1. The number of hydrogen-bond acceptors (Lipinski definition) is 5. The number of benzene rings is 1. The monoisotopic (exact) mass is 317 g/mol. The quantitative estimate of drug-likeness (QED) is 0.936. The number of sulfone groups is 1. The second-order valence-corrected chi connectivity index (χ2v) is 6.98. The van der Waals surface area contributed by atoms with Gasteiger partial charge in [-0.15, -0.1) is 11.3 Å². The van der Waals surface area contributed by atoms with Crippen LogP contribution in [0, 0.1) is 0 Å². The largest absolute Gasteiger partial charge is 0.478 e. The lowest BCUT2D eigenvalue weighted by molar-refractivity contribution is 0.0696. The van der Waals surface area contributed by atoms with Crippen molar-refractivity contribution < 1.29 is 18.3 Å². The molecule has 0 unspecified atom stereocenters. The number of carboxylic acid groups (broad SMARTS) is 1. The summed E-state index contributed by atoms with van der Waals surface area (Å²) in [5, 5.41) is 11.0. The Kier molecular flexibility index (Phi) is 3.88. The summed E-state index contributed by atoms with van der Waals surface area (Å²) in [5.41, 5.74) is -0.123. The van der Waals surface area contributed by atoms with Crippen molar-refractivity contribution in [3.63, 3.8) is 0 Å². The Morgan fingerprint density at radius 2 is 2.16 bits per heavy atom. The van der Waals surface area contributed by atoms with Gasteiger partial charge in [-0.1, -0.05) is 11.6 Å². The van der Waals surface area contributed by atoms with Crippen LogP contribution >= 0.6 is 22.9 Å². The summed E-state index contributed by atoms with van der Waals surface area (Å²) in [6.07, 6.45) is 1.50. The average Bonchev–Trinajstić information content (AvgIpc) is 2.81. The topological polar surface area (TPSA) is 84.3 Å². The van der Waals surface area contributed by atoms with Gasteiger partial charge in [0.2, 0.25) is 0 Å². The number of thiazole rings is 1. The van der Waals surface area contributed by atoms with Gasteiger partial charge in [0, 0.05) is 11.6 Å². The van der Waals surface area contributed by atoms with Crippen LogP contribution in [0.15, 0.2) is 34.7 Å². The fourth-order valence-electron chi connectivity index (χ4n) is 1.44. The summed E-state index contributed by atoms with van der Waals surface area (Å²) < 4.78 is 24.4. The van der Waals surface area contributed by atoms with E-state index >= 15 is 0 Å². The van der Waals surface area contributed by atoms with E-state index in [2.05, 4.69) is 4.98 Å². The summed E-state index contributed by atoms with van der Waals surface area (Å²) in [4.78, 5) is 14.6. The van der Waals surface area contributed by atoms with Gasteiger partial charge in [0.25, 0.3) is 0 Å². The molecule has 1 heterocycles. The van der Waals surface area contributed by atoms with Crippen molar-refractivity contribution in [2.75, 3.05) is 0 Å². The van der Waals surface area contributed by atoms with Gasteiger partial charge in [-0.05, 0) is 18.2 Å². The molecule has 1 N–H and O–H groups in total. The van der Waals surface area contributed by atoms with Crippen molar-refractivity contribution in [2.24, 2.45) is 0 Å². The van der Waals surface area contributed by atoms with Crippen LogP contribution in [0.4, 0.5) is 0 Å². The molecule has 1 aromatic carbocycles. The first-order valence-corrected chi connectivity index (χ1v) is 7.95. The molecule has 0 atom stereocenters. The molecule has 8 heteroatoms. The number of carboxylic acids is 1. The van der Waals surface area contributed by atoms with Gasteiger partial charge in [0.15, 0.2) is 9.84 Å². The Morgan fingerprint density at radius 3 is 2.74 bits per heavy atom. The first-order chi connectivity index (χ1) is 8.90. The summed E-state index contributed by atoms with van der Waals surface area (Å²) in [6.45, 7) is 0. The third-order valence-corrected chi connectivity index (χ3v) is 5.38. The summed E-state index contributed by atoms with van der Waals surface area (Å²) in [7, 11) is -3.72. The minimum atomic E-state index is -3.72. The molecule has 0 aliphatic heterocycles. The van der Waals surface area contributed by atoms with Crippen molar-refractivity contribution >= 4 is 38.7 Å². The molecule has 2 rings (SSSR count). The predicted octanol–water partition coefficient (Wildman–Crippen LogP) is 2.47. The van der Waals surface area contributed by atoms with E-state index < -0.39 is 15.8 Å². The smallest absolute Gasteiger partial charge is 0.335 e. The van der Waals surface area contributed by atoms with E-state index in [1.807, 2.05) is 0 Å². The number of aromatic nitrogens is 1. The lowest BCUT2D eigenvalue weighted by atomic mass is 10.2. The van der Waals surface area contributed by atoms with Gasteiger partial charge < -0.3 is 5.11 Å². The second-order valence-electron chi connectivity index (χ2n) is 3.64. The number of hydrogen-bond donors (Lipinski definition) is 1. The molecule has 0 saturated carbocycles. The van der Waals surface area contributed by atoms with Gasteiger partial charge in [0.1, 0.15) is 10.8 Å². The highest BCUT2D eigenvalue weighted by atomic mass is 35.5. The summed E-state index contributed by atoms with van der Waals surface area (Å²) >= 11 is 7.05. The van der Waals surface area contributed by atoms with E-state index in [0.717, 1.165) is 6.07 Å². The van der Waals surface area contributed by atoms with Crippen LogP contribution in [0.2, 0.25) is 5.02 Å². The SMILES string of the molecule is O=C(O)c1ccc(Cl)c(S(=O)(=O)Cc2nccs2)c1. The molecule has 100 valence electrons. The number of carbonyl (C=O) groups is 1. The van der Waals surface area contributed by atoms with Crippen LogP contribution in [0.5, 0.6) is 0 Å². The van der Waals surface area contributed by atoms with Crippen molar-refractivity contribution in [3.05, 3.63) is 45.4 Å². The molecule has 1 aromatic heterocycles. The highest BCUT2D eigenvalue weighted by Crippen LogP contribution is 2.26. The molecular formula is C11H8ClNO4S2. The fraction of sp³-hybridized carbons (Fsp3) is 0.0909. The molecule has 0 amide bonds. The molecule has 0 saturated heterocycles. The van der Waals surface area contributed by atoms with E-state index in [1.54, 1.807) is 5.38 Å². The number of rotatable bonds is 4. The number of nitrogens with zero attached hydrogens (tertiary/aromatic N) is 1. The van der Waals surface area contributed by atoms with Crippen LogP contribution < -0.4 is 0 Å². The van der Waals surface area contributed by atoms with Gasteiger partial charge in [-0.3, -0.25) is 0 Å². The zero-order valence-corrected chi connectivity index (χ0v) is 11.8. The maximum absolute atomic E-state index is 12.2. The Morgan fingerprint density at radius 1 is 1.42 bits per heavy atom. The molecule has 5 nitrogen and oxygen atoms in total. The summed E-state index contributed by atoms with van der Waals surface area (Å²) in [5.74, 6) is -1.50. The molecule has 2 aromatic rings. The highest BCUT2D eigenvalue weighted by Gasteiger charge is 2.21. The van der Waals surface area contributed by atoms with Crippen LogP contribution in [-0.2, 0) is 15.6 Å². The lowest BCUT2D eigenvalue weighted by Gasteiger charge is -2.06. The normalized spacial score (nSPS) is 11.4. The Bertz CT molecular complexity index is 710. The highest BCUT2D eigenvalue weighted by molar-refractivity contribution is 7.90. The van der Waals surface area contributed by atoms with Gasteiger partial charge in [0.05, 0.1) is 15.5 Å². The number of halogens is 1. The zero-order valence-electron chi connectivity index (χ0n) is 9.41. The Labute approximate surface area is 118 Å². The molecule has 0 aliphatic carbocycles. The van der Waals surface area contributed by atoms with Crippen molar-refractivity contribution in [2.45, 2.75) is 10.6 Å². The van der Waals surface area contributed by atoms with Gasteiger partial charge in [-0.2, -0.15) is 0 Å². The molecule has 0 fully saturated rings. The standard InChI is InChI=1S/C11H8ClNO4S2/c12-8-2-1-7(11(14)15)5-9(8)19(16,17)6-10-13-3-4-18-10/h1-5H,6H2,(H,14,15). The molecule has 0 spiro atoms. The predicted molar refractivity (Wildman–Crippen MR) is 71.4 cm³/mol. The average molecular weight is 318 g/mol. The summed E-state index contributed by atoms with van der Waals surface area (Å²) in [6, 6.07) is 3.58. The molecular weight excluding hydrogens is 310 g/mol. The van der Waals surface area contributed by atoms with Crippen LogP contribution in [0.25, 0.3) is 0 Å². The van der Waals surface area contributed by atoms with E-state index in [0.29, 0.717) is 5.01 Å². The van der Waals surface area contributed by atoms with Crippen LogP contribution in [0.3, 0.4) is 0 Å². The zero-order chi connectivity index (χ0) is 14.0. The maximum Gasteiger partial charge on any atom is 0.335 e. The van der Waals surface area contributed by atoms with Gasteiger partial charge >= 0.3 is 5.97 Å². The van der Waals surface area contributed by atoms with Crippen molar-refractivity contribution in [1.82, 2.24) is 4.98 Å². The molecule has 0 aliphatic rings.